The predicted molar refractivity (Wildman–Crippen MR) is 56.0 cm³/mol. The molecule has 1 aromatic rings. The summed E-state index contributed by atoms with van der Waals surface area (Å²) in [5.41, 5.74) is 0.210. The molecule has 0 aliphatic heterocycles. The average Bonchev–Trinajstić information content (AvgIpc) is 2.65. The molecular weight excluding hydrogens is 194 g/mol. The van der Waals surface area contributed by atoms with Crippen molar-refractivity contribution < 1.29 is 14.4 Å². The van der Waals surface area contributed by atoms with Crippen LogP contribution in [0.25, 0.3) is 0 Å². The third-order valence-corrected chi connectivity index (χ3v) is 2.47. The SMILES string of the molecule is CCCC(CCC)c1oncc1C(=O)O. The molecule has 0 saturated carbocycles. The van der Waals surface area contributed by atoms with Crippen molar-refractivity contribution in [2.75, 3.05) is 0 Å². The van der Waals surface area contributed by atoms with Crippen molar-refractivity contribution >= 4 is 5.97 Å². The van der Waals surface area contributed by atoms with E-state index in [4.69, 9.17) is 9.63 Å². The molecule has 0 spiro atoms. The summed E-state index contributed by atoms with van der Waals surface area (Å²) in [6.07, 6.45) is 5.22. The lowest BCUT2D eigenvalue weighted by molar-refractivity contribution is 0.0693. The monoisotopic (exact) mass is 211 g/mol. The van der Waals surface area contributed by atoms with Crippen molar-refractivity contribution in [3.63, 3.8) is 0 Å². The van der Waals surface area contributed by atoms with E-state index in [1.807, 2.05) is 0 Å². The van der Waals surface area contributed by atoms with Gasteiger partial charge >= 0.3 is 5.97 Å². The van der Waals surface area contributed by atoms with Crippen LogP contribution in [0.15, 0.2) is 10.7 Å². The Morgan fingerprint density at radius 2 is 2.07 bits per heavy atom. The van der Waals surface area contributed by atoms with Crippen molar-refractivity contribution in [3.05, 3.63) is 17.5 Å². The minimum atomic E-state index is -0.955. The Labute approximate surface area is 89.3 Å². The van der Waals surface area contributed by atoms with Crippen LogP contribution in [-0.2, 0) is 0 Å². The fourth-order valence-corrected chi connectivity index (χ4v) is 1.81. The number of rotatable bonds is 6. The standard InChI is InChI=1S/C11H17NO3/c1-3-5-8(6-4-2)10-9(11(13)14)7-12-15-10/h7-8H,3-6H2,1-2H3,(H,13,14). The Bertz CT molecular complexity index is 313. The number of carbonyl (C=O) groups is 1. The van der Waals surface area contributed by atoms with Gasteiger partial charge in [-0.05, 0) is 12.8 Å². The smallest absolute Gasteiger partial charge is 0.340 e. The molecule has 0 fully saturated rings. The summed E-state index contributed by atoms with van der Waals surface area (Å²) in [4.78, 5) is 10.9. The van der Waals surface area contributed by atoms with E-state index in [0.29, 0.717) is 5.76 Å². The highest BCUT2D eigenvalue weighted by Crippen LogP contribution is 2.28. The van der Waals surface area contributed by atoms with Gasteiger partial charge in [0.05, 0.1) is 6.20 Å². The van der Waals surface area contributed by atoms with E-state index in [9.17, 15) is 4.79 Å². The van der Waals surface area contributed by atoms with Gasteiger partial charge in [0.15, 0.2) is 5.76 Å². The molecule has 1 aromatic heterocycles. The quantitative estimate of drug-likeness (QED) is 0.785. The van der Waals surface area contributed by atoms with E-state index in [-0.39, 0.29) is 11.5 Å². The Kier molecular flexibility index (Phi) is 4.34. The molecule has 15 heavy (non-hydrogen) atoms. The largest absolute Gasteiger partial charge is 0.478 e. The third-order valence-electron chi connectivity index (χ3n) is 2.47. The van der Waals surface area contributed by atoms with Crippen molar-refractivity contribution in [2.45, 2.75) is 45.4 Å². The molecule has 84 valence electrons. The number of aromatic carboxylic acids is 1. The van der Waals surface area contributed by atoms with Crippen LogP contribution in [0, 0.1) is 0 Å². The maximum absolute atomic E-state index is 10.9. The first-order chi connectivity index (χ1) is 7.20. The second-order valence-electron chi connectivity index (χ2n) is 3.68. The Hall–Kier alpha value is -1.32. The van der Waals surface area contributed by atoms with Gasteiger partial charge in [0, 0.05) is 5.92 Å². The van der Waals surface area contributed by atoms with E-state index in [1.54, 1.807) is 0 Å². The number of carboxylic acid groups (broad SMARTS) is 1. The summed E-state index contributed by atoms with van der Waals surface area (Å²) in [6, 6.07) is 0. The van der Waals surface area contributed by atoms with Gasteiger partial charge in [-0.3, -0.25) is 0 Å². The molecule has 0 unspecified atom stereocenters. The fraction of sp³-hybridized carbons (Fsp3) is 0.636. The zero-order valence-corrected chi connectivity index (χ0v) is 9.19. The molecule has 1 heterocycles. The number of carboxylic acids is 1. The van der Waals surface area contributed by atoms with Gasteiger partial charge in [0.2, 0.25) is 0 Å². The molecule has 0 radical (unpaired) electrons. The van der Waals surface area contributed by atoms with Gasteiger partial charge in [-0.15, -0.1) is 0 Å². The summed E-state index contributed by atoms with van der Waals surface area (Å²) in [6.45, 7) is 4.17. The minimum absolute atomic E-state index is 0.189. The highest BCUT2D eigenvalue weighted by atomic mass is 16.5. The van der Waals surface area contributed by atoms with Gasteiger partial charge in [0.1, 0.15) is 5.56 Å². The molecule has 1 rings (SSSR count). The van der Waals surface area contributed by atoms with Crippen LogP contribution in [0.3, 0.4) is 0 Å². The first-order valence-corrected chi connectivity index (χ1v) is 5.38. The minimum Gasteiger partial charge on any atom is -0.478 e. The lowest BCUT2D eigenvalue weighted by Crippen LogP contribution is -2.04. The topological polar surface area (TPSA) is 63.3 Å². The van der Waals surface area contributed by atoms with Gasteiger partial charge in [0.25, 0.3) is 0 Å². The molecule has 0 bridgehead atoms. The first-order valence-electron chi connectivity index (χ1n) is 5.38. The van der Waals surface area contributed by atoms with Crippen LogP contribution >= 0.6 is 0 Å². The molecule has 4 nitrogen and oxygen atoms in total. The molecule has 0 saturated heterocycles. The fourth-order valence-electron chi connectivity index (χ4n) is 1.81. The molecule has 4 heteroatoms. The highest BCUT2D eigenvalue weighted by Gasteiger charge is 2.22. The zero-order chi connectivity index (χ0) is 11.3. The van der Waals surface area contributed by atoms with E-state index < -0.39 is 5.97 Å². The third kappa shape index (κ3) is 2.81. The predicted octanol–water partition coefficient (Wildman–Crippen LogP) is 3.06. The number of aromatic nitrogens is 1. The Morgan fingerprint density at radius 3 is 2.53 bits per heavy atom. The Balaban J connectivity index is 2.89. The molecule has 0 atom stereocenters. The van der Waals surface area contributed by atoms with Crippen molar-refractivity contribution in [1.82, 2.24) is 5.16 Å². The molecule has 0 aromatic carbocycles. The van der Waals surface area contributed by atoms with Crippen LogP contribution in [0.5, 0.6) is 0 Å². The van der Waals surface area contributed by atoms with E-state index >= 15 is 0 Å². The van der Waals surface area contributed by atoms with E-state index in [0.717, 1.165) is 25.7 Å². The second-order valence-corrected chi connectivity index (χ2v) is 3.68. The molecule has 0 aliphatic carbocycles. The normalized spacial score (nSPS) is 10.9. The lowest BCUT2D eigenvalue weighted by Gasteiger charge is -2.11. The van der Waals surface area contributed by atoms with Crippen molar-refractivity contribution in [1.29, 1.82) is 0 Å². The second kappa shape index (κ2) is 5.53. The van der Waals surface area contributed by atoms with Gasteiger partial charge in [-0.1, -0.05) is 31.8 Å². The summed E-state index contributed by atoms with van der Waals surface area (Å²) in [5.74, 6) is -0.233. The maximum atomic E-state index is 10.9. The van der Waals surface area contributed by atoms with Gasteiger partial charge in [-0.25, -0.2) is 4.79 Å². The van der Waals surface area contributed by atoms with Crippen LogP contribution in [-0.4, -0.2) is 16.2 Å². The number of hydrogen-bond donors (Lipinski definition) is 1. The Morgan fingerprint density at radius 1 is 1.47 bits per heavy atom. The average molecular weight is 211 g/mol. The molecule has 0 amide bonds. The lowest BCUT2D eigenvalue weighted by atomic mass is 9.93. The number of hydrogen-bond acceptors (Lipinski definition) is 3. The first kappa shape index (κ1) is 11.8. The van der Waals surface area contributed by atoms with Crippen molar-refractivity contribution in [2.24, 2.45) is 0 Å². The van der Waals surface area contributed by atoms with Crippen molar-refractivity contribution in [3.8, 4) is 0 Å². The summed E-state index contributed by atoms with van der Waals surface area (Å²) < 4.78 is 5.06. The van der Waals surface area contributed by atoms with Crippen LogP contribution < -0.4 is 0 Å². The van der Waals surface area contributed by atoms with Crippen LogP contribution in [0.4, 0.5) is 0 Å². The van der Waals surface area contributed by atoms with E-state index in [1.165, 1.54) is 6.20 Å². The molecule has 0 aliphatic rings. The zero-order valence-electron chi connectivity index (χ0n) is 9.19. The highest BCUT2D eigenvalue weighted by molar-refractivity contribution is 5.88. The molecular formula is C11H17NO3. The maximum Gasteiger partial charge on any atom is 0.340 e. The van der Waals surface area contributed by atoms with Crippen LogP contribution in [0.1, 0.15) is 61.6 Å². The summed E-state index contributed by atoms with van der Waals surface area (Å²) in [7, 11) is 0. The van der Waals surface area contributed by atoms with Crippen LogP contribution in [0.2, 0.25) is 0 Å². The summed E-state index contributed by atoms with van der Waals surface area (Å²) >= 11 is 0. The number of nitrogens with zero attached hydrogens (tertiary/aromatic N) is 1. The van der Waals surface area contributed by atoms with E-state index in [2.05, 4.69) is 19.0 Å². The van der Waals surface area contributed by atoms with Gasteiger partial charge < -0.3 is 9.63 Å². The van der Waals surface area contributed by atoms with Gasteiger partial charge in [-0.2, -0.15) is 0 Å². The summed E-state index contributed by atoms with van der Waals surface area (Å²) in [5, 5.41) is 12.5. The molecule has 1 N–H and O–H groups in total.